The summed E-state index contributed by atoms with van der Waals surface area (Å²) >= 11 is 1.46. The van der Waals surface area contributed by atoms with Gasteiger partial charge in [0.25, 0.3) is 5.91 Å². The second-order valence-electron chi connectivity index (χ2n) is 6.10. The zero-order chi connectivity index (χ0) is 18.3. The lowest BCUT2D eigenvalue weighted by molar-refractivity contribution is 0.102. The van der Waals surface area contributed by atoms with Gasteiger partial charge < -0.3 is 0 Å². The number of rotatable bonds is 3. The summed E-state index contributed by atoms with van der Waals surface area (Å²) < 4.78 is 1.69. The monoisotopic (exact) mass is 363 g/mol. The Bertz CT molecular complexity index is 1090. The van der Waals surface area contributed by atoms with Crippen LogP contribution in [0.5, 0.6) is 0 Å². The summed E-state index contributed by atoms with van der Waals surface area (Å²) in [7, 11) is 0. The lowest BCUT2D eigenvalue weighted by Gasteiger charge is -2.05. The first-order chi connectivity index (χ1) is 12.5. The van der Waals surface area contributed by atoms with Crippen molar-refractivity contribution in [2.24, 2.45) is 0 Å². The standard InChI is InChI=1S/C19H17N5OS/c1-11-4-6-14(7-5-11)16-8-9-20-17-15(10-21-24(16)17)18(25)23-19-22-12(2)13(3)26-19/h4-10H,1-3H3,(H,22,23,25). The second-order valence-corrected chi connectivity index (χ2v) is 7.31. The van der Waals surface area contributed by atoms with Crippen LogP contribution in [-0.2, 0) is 0 Å². The lowest BCUT2D eigenvalue weighted by atomic mass is 10.1. The van der Waals surface area contributed by atoms with Gasteiger partial charge in [-0.1, -0.05) is 29.8 Å². The molecule has 3 heterocycles. The largest absolute Gasteiger partial charge is 0.298 e. The van der Waals surface area contributed by atoms with E-state index in [0.29, 0.717) is 16.3 Å². The Kier molecular flexibility index (Phi) is 4.00. The van der Waals surface area contributed by atoms with Gasteiger partial charge in [0.05, 0.1) is 17.6 Å². The Morgan fingerprint density at radius 2 is 1.88 bits per heavy atom. The third-order valence-corrected chi connectivity index (χ3v) is 5.23. The Morgan fingerprint density at radius 1 is 1.12 bits per heavy atom. The molecule has 0 saturated carbocycles. The van der Waals surface area contributed by atoms with Crippen molar-refractivity contribution in [3.05, 3.63) is 64.4 Å². The third-order valence-electron chi connectivity index (χ3n) is 4.24. The number of aryl methyl sites for hydroxylation is 3. The number of nitrogens with one attached hydrogen (secondary N) is 1. The highest BCUT2D eigenvalue weighted by Gasteiger charge is 2.17. The van der Waals surface area contributed by atoms with Crippen LogP contribution in [0, 0.1) is 20.8 Å². The van der Waals surface area contributed by atoms with Gasteiger partial charge in [0, 0.05) is 16.6 Å². The highest BCUT2D eigenvalue weighted by atomic mass is 32.1. The number of carbonyl (C=O) groups is 1. The minimum absolute atomic E-state index is 0.262. The molecule has 26 heavy (non-hydrogen) atoms. The molecule has 0 aliphatic rings. The van der Waals surface area contributed by atoms with E-state index in [0.717, 1.165) is 21.8 Å². The molecule has 0 aliphatic carbocycles. The van der Waals surface area contributed by atoms with Gasteiger partial charge in [-0.25, -0.2) is 14.5 Å². The molecule has 130 valence electrons. The number of nitrogens with zero attached hydrogens (tertiary/aromatic N) is 4. The van der Waals surface area contributed by atoms with E-state index < -0.39 is 0 Å². The zero-order valence-electron chi connectivity index (χ0n) is 14.6. The first-order valence-electron chi connectivity index (χ1n) is 8.18. The molecule has 0 bridgehead atoms. The Balaban J connectivity index is 1.72. The number of anilines is 1. The Labute approximate surface area is 154 Å². The number of hydrogen-bond donors (Lipinski definition) is 1. The van der Waals surface area contributed by atoms with Crippen LogP contribution in [0.4, 0.5) is 5.13 Å². The van der Waals surface area contributed by atoms with Crippen LogP contribution < -0.4 is 5.32 Å². The van der Waals surface area contributed by atoms with E-state index in [9.17, 15) is 4.79 Å². The number of aromatic nitrogens is 4. The van der Waals surface area contributed by atoms with Crippen LogP contribution in [0.2, 0.25) is 0 Å². The quantitative estimate of drug-likeness (QED) is 0.596. The normalized spacial score (nSPS) is 11.0. The predicted octanol–water partition coefficient (Wildman–Crippen LogP) is 4.03. The molecule has 1 N–H and O–H groups in total. The predicted molar refractivity (Wildman–Crippen MR) is 103 cm³/mol. The summed E-state index contributed by atoms with van der Waals surface area (Å²) in [6.45, 7) is 5.95. The number of fused-ring (bicyclic) bond motifs is 1. The molecular formula is C19H17N5OS. The van der Waals surface area contributed by atoms with Crippen LogP contribution in [0.25, 0.3) is 16.9 Å². The van der Waals surface area contributed by atoms with Crippen molar-refractivity contribution >= 4 is 28.0 Å². The molecule has 4 aromatic rings. The van der Waals surface area contributed by atoms with Gasteiger partial charge in [-0.05, 0) is 26.8 Å². The number of carbonyl (C=O) groups excluding carboxylic acids is 1. The number of benzene rings is 1. The van der Waals surface area contributed by atoms with Gasteiger partial charge in [0.15, 0.2) is 10.8 Å². The molecule has 1 amide bonds. The topological polar surface area (TPSA) is 72.2 Å². The van der Waals surface area contributed by atoms with Crippen molar-refractivity contribution in [1.29, 1.82) is 0 Å². The van der Waals surface area contributed by atoms with Crippen molar-refractivity contribution in [2.75, 3.05) is 5.32 Å². The van der Waals surface area contributed by atoms with Crippen LogP contribution in [0.15, 0.2) is 42.7 Å². The third kappa shape index (κ3) is 2.86. The smallest absolute Gasteiger partial charge is 0.262 e. The maximum Gasteiger partial charge on any atom is 0.262 e. The maximum absolute atomic E-state index is 12.7. The van der Waals surface area contributed by atoms with Crippen molar-refractivity contribution < 1.29 is 4.79 Å². The molecule has 0 fully saturated rings. The van der Waals surface area contributed by atoms with Crippen LogP contribution in [0.1, 0.15) is 26.5 Å². The Hall–Kier alpha value is -3.06. The second kappa shape index (κ2) is 6.34. The molecule has 7 heteroatoms. The van der Waals surface area contributed by atoms with Gasteiger partial charge in [0.1, 0.15) is 5.56 Å². The Morgan fingerprint density at radius 3 is 2.58 bits per heavy atom. The van der Waals surface area contributed by atoms with E-state index in [4.69, 9.17) is 0 Å². The van der Waals surface area contributed by atoms with Crippen molar-refractivity contribution in [1.82, 2.24) is 19.6 Å². The summed E-state index contributed by atoms with van der Waals surface area (Å²) in [4.78, 5) is 22.5. The fourth-order valence-corrected chi connectivity index (χ4v) is 3.49. The molecule has 0 saturated heterocycles. The van der Waals surface area contributed by atoms with E-state index in [1.807, 2.05) is 51.1 Å². The van der Waals surface area contributed by atoms with Crippen molar-refractivity contribution in [3.8, 4) is 11.3 Å². The molecular weight excluding hydrogens is 346 g/mol. The number of hydrogen-bond acceptors (Lipinski definition) is 5. The van der Waals surface area contributed by atoms with E-state index >= 15 is 0 Å². The highest BCUT2D eigenvalue weighted by molar-refractivity contribution is 7.15. The van der Waals surface area contributed by atoms with Crippen LogP contribution >= 0.6 is 11.3 Å². The molecule has 0 radical (unpaired) electrons. The molecule has 0 unspecified atom stereocenters. The number of amides is 1. The van der Waals surface area contributed by atoms with Crippen LogP contribution in [0.3, 0.4) is 0 Å². The van der Waals surface area contributed by atoms with Gasteiger partial charge in [-0.2, -0.15) is 5.10 Å². The average Bonchev–Trinajstić information content (AvgIpc) is 3.19. The molecule has 4 rings (SSSR count). The van der Waals surface area contributed by atoms with Gasteiger partial charge in [0.2, 0.25) is 0 Å². The average molecular weight is 363 g/mol. The van der Waals surface area contributed by atoms with Gasteiger partial charge in [-0.15, -0.1) is 11.3 Å². The molecule has 3 aromatic heterocycles. The van der Waals surface area contributed by atoms with Crippen LogP contribution in [-0.4, -0.2) is 25.5 Å². The fraction of sp³-hybridized carbons (Fsp3) is 0.158. The lowest BCUT2D eigenvalue weighted by Crippen LogP contribution is -2.12. The number of thiazole rings is 1. The van der Waals surface area contributed by atoms with E-state index in [-0.39, 0.29) is 5.91 Å². The molecule has 6 nitrogen and oxygen atoms in total. The fourth-order valence-electron chi connectivity index (χ4n) is 2.69. The summed E-state index contributed by atoms with van der Waals surface area (Å²) in [6.07, 6.45) is 3.24. The highest BCUT2D eigenvalue weighted by Crippen LogP contribution is 2.24. The minimum atomic E-state index is -0.262. The summed E-state index contributed by atoms with van der Waals surface area (Å²) in [5, 5.41) is 7.80. The van der Waals surface area contributed by atoms with Crippen molar-refractivity contribution in [3.63, 3.8) is 0 Å². The SMILES string of the molecule is Cc1ccc(-c2ccnc3c(C(=O)Nc4nc(C)c(C)s4)cnn23)cc1. The molecule has 0 spiro atoms. The zero-order valence-corrected chi connectivity index (χ0v) is 15.5. The molecule has 1 aromatic carbocycles. The van der Waals surface area contributed by atoms with E-state index in [1.54, 1.807) is 16.9 Å². The van der Waals surface area contributed by atoms with E-state index in [2.05, 4.69) is 20.4 Å². The summed E-state index contributed by atoms with van der Waals surface area (Å²) in [5.41, 5.74) is 4.95. The first kappa shape index (κ1) is 16.4. The van der Waals surface area contributed by atoms with Gasteiger partial charge in [-0.3, -0.25) is 10.1 Å². The van der Waals surface area contributed by atoms with Crippen molar-refractivity contribution in [2.45, 2.75) is 20.8 Å². The summed E-state index contributed by atoms with van der Waals surface area (Å²) in [5.74, 6) is -0.262. The maximum atomic E-state index is 12.7. The first-order valence-corrected chi connectivity index (χ1v) is 9.00. The van der Waals surface area contributed by atoms with E-state index in [1.165, 1.54) is 16.9 Å². The summed E-state index contributed by atoms with van der Waals surface area (Å²) in [6, 6.07) is 10.1. The molecule has 0 aliphatic heterocycles. The molecule has 0 atom stereocenters. The van der Waals surface area contributed by atoms with Gasteiger partial charge >= 0.3 is 0 Å². The minimum Gasteiger partial charge on any atom is -0.298 e.